The minimum Gasteiger partial charge on any atom is -0.483 e. The number of amides is 1. The molecule has 0 radical (unpaired) electrons. The van der Waals surface area contributed by atoms with Gasteiger partial charge >= 0.3 is 0 Å². The number of carbonyl (C=O) groups is 1. The van der Waals surface area contributed by atoms with Gasteiger partial charge in [-0.1, -0.05) is 36.4 Å². The van der Waals surface area contributed by atoms with E-state index in [1.54, 1.807) is 0 Å². The number of rotatable bonds is 6. The molecule has 4 nitrogen and oxygen atoms in total. The zero-order valence-corrected chi connectivity index (χ0v) is 18.3. The Bertz CT molecular complexity index is 1090. The van der Waals surface area contributed by atoms with Crippen LogP contribution in [-0.4, -0.2) is 25.6 Å². The van der Waals surface area contributed by atoms with Gasteiger partial charge in [0.05, 0.1) is 0 Å². The number of nitrogens with one attached hydrogen (secondary N) is 1. The number of ether oxygens (including phenoxy) is 1. The quantitative estimate of drug-likeness (QED) is 0.556. The van der Waals surface area contributed by atoms with E-state index in [9.17, 15) is 4.79 Å². The summed E-state index contributed by atoms with van der Waals surface area (Å²) >= 11 is 0. The van der Waals surface area contributed by atoms with Gasteiger partial charge in [-0.05, 0) is 73.9 Å². The Hall–Kier alpha value is -3.53. The van der Waals surface area contributed by atoms with Crippen LogP contribution in [0.1, 0.15) is 34.8 Å². The maximum atomic E-state index is 12.6. The smallest absolute Gasteiger partial charge is 0.255 e. The first kappa shape index (κ1) is 20.7. The van der Waals surface area contributed by atoms with Crippen molar-refractivity contribution in [2.45, 2.75) is 25.4 Å². The first-order valence-electron chi connectivity index (χ1n) is 10.6. The van der Waals surface area contributed by atoms with Crippen LogP contribution in [0.15, 0.2) is 78.9 Å². The molecule has 1 amide bonds. The predicted molar refractivity (Wildman–Crippen MR) is 128 cm³/mol. The van der Waals surface area contributed by atoms with Gasteiger partial charge in [-0.15, -0.1) is 0 Å². The van der Waals surface area contributed by atoms with Crippen molar-refractivity contribution >= 4 is 23.4 Å². The van der Waals surface area contributed by atoms with Crippen LogP contribution >= 0.6 is 0 Å². The van der Waals surface area contributed by atoms with Gasteiger partial charge in [0.15, 0.2) is 0 Å². The third-order valence-corrected chi connectivity index (χ3v) is 5.63. The van der Waals surface area contributed by atoms with Crippen molar-refractivity contribution in [1.82, 2.24) is 0 Å². The van der Waals surface area contributed by atoms with Crippen molar-refractivity contribution in [2.75, 3.05) is 24.3 Å². The molecule has 0 aromatic heterocycles. The summed E-state index contributed by atoms with van der Waals surface area (Å²) in [5.74, 6) is 0.713. The summed E-state index contributed by atoms with van der Waals surface area (Å²) in [6.45, 7) is 2.11. The maximum Gasteiger partial charge on any atom is 0.255 e. The summed E-state index contributed by atoms with van der Waals surface area (Å²) in [6, 6.07) is 23.8. The fourth-order valence-electron chi connectivity index (χ4n) is 3.69. The van der Waals surface area contributed by atoms with E-state index in [0.29, 0.717) is 5.56 Å². The molecular weight excluding hydrogens is 384 g/mol. The molecule has 3 aromatic carbocycles. The highest BCUT2D eigenvalue weighted by Crippen LogP contribution is 2.35. The van der Waals surface area contributed by atoms with Gasteiger partial charge in [0.25, 0.3) is 5.91 Å². The highest BCUT2D eigenvalue weighted by Gasteiger charge is 2.27. The molecular formula is C27H28N2O2. The molecule has 1 N–H and O–H groups in total. The monoisotopic (exact) mass is 412 g/mol. The molecule has 0 bridgehead atoms. The van der Waals surface area contributed by atoms with Gasteiger partial charge in [0, 0.05) is 36.6 Å². The number of carbonyl (C=O) groups excluding carboxylic acids is 1. The van der Waals surface area contributed by atoms with Gasteiger partial charge in [0.1, 0.15) is 11.4 Å². The SMILES string of the molecule is CN(C)c1ccc(C(=O)Nc2ccc3c(c2)C=CC(C)(CCc2ccccc2)O3)cc1. The first-order chi connectivity index (χ1) is 14.9. The lowest BCUT2D eigenvalue weighted by molar-refractivity contribution is 0.102. The lowest BCUT2D eigenvalue weighted by Crippen LogP contribution is -2.32. The molecule has 31 heavy (non-hydrogen) atoms. The topological polar surface area (TPSA) is 41.6 Å². The van der Waals surface area contributed by atoms with Crippen LogP contribution in [0.3, 0.4) is 0 Å². The van der Waals surface area contributed by atoms with Gasteiger partial charge in [-0.3, -0.25) is 4.79 Å². The molecule has 4 rings (SSSR count). The summed E-state index contributed by atoms with van der Waals surface area (Å²) in [7, 11) is 3.95. The summed E-state index contributed by atoms with van der Waals surface area (Å²) in [5, 5.41) is 2.98. The second-order valence-electron chi connectivity index (χ2n) is 8.38. The Morgan fingerprint density at radius 2 is 1.74 bits per heavy atom. The standard InChI is InChI=1S/C27H28N2O2/c1-27(17-15-20-7-5-4-6-8-20)18-16-22-19-23(11-14-25(22)31-27)28-26(30)21-9-12-24(13-10-21)29(2)3/h4-14,16,18-19H,15,17H2,1-3H3,(H,28,30). The van der Waals surface area contributed by atoms with Crippen LogP contribution in [0, 0.1) is 0 Å². The normalized spacial score (nSPS) is 16.9. The van der Waals surface area contributed by atoms with Gasteiger partial charge in [-0.2, -0.15) is 0 Å². The lowest BCUT2D eigenvalue weighted by Gasteiger charge is -2.32. The van der Waals surface area contributed by atoms with Crippen molar-refractivity contribution in [3.05, 3.63) is 95.6 Å². The van der Waals surface area contributed by atoms with E-state index in [0.717, 1.165) is 35.5 Å². The summed E-state index contributed by atoms with van der Waals surface area (Å²) < 4.78 is 6.32. The number of hydrogen-bond donors (Lipinski definition) is 1. The fourth-order valence-corrected chi connectivity index (χ4v) is 3.69. The summed E-state index contributed by atoms with van der Waals surface area (Å²) in [4.78, 5) is 14.6. The van der Waals surface area contributed by atoms with E-state index >= 15 is 0 Å². The number of anilines is 2. The van der Waals surface area contributed by atoms with Crippen molar-refractivity contribution in [3.63, 3.8) is 0 Å². The first-order valence-corrected chi connectivity index (χ1v) is 10.6. The lowest BCUT2D eigenvalue weighted by atomic mass is 9.93. The Morgan fingerprint density at radius 3 is 2.45 bits per heavy atom. The zero-order chi connectivity index (χ0) is 21.8. The molecule has 0 saturated carbocycles. The molecule has 158 valence electrons. The van der Waals surface area contributed by atoms with Crippen LogP contribution in [-0.2, 0) is 6.42 Å². The van der Waals surface area contributed by atoms with Crippen LogP contribution in [0.5, 0.6) is 5.75 Å². The van der Waals surface area contributed by atoms with Gasteiger partial charge in [-0.25, -0.2) is 0 Å². The molecule has 0 saturated heterocycles. The largest absolute Gasteiger partial charge is 0.483 e. The summed E-state index contributed by atoms with van der Waals surface area (Å²) in [6.07, 6.45) is 6.06. The van der Waals surface area contributed by atoms with E-state index < -0.39 is 0 Å². The third-order valence-electron chi connectivity index (χ3n) is 5.63. The van der Waals surface area contributed by atoms with E-state index in [2.05, 4.69) is 48.7 Å². The Labute approximate surface area is 184 Å². The Kier molecular flexibility index (Phi) is 5.81. The average molecular weight is 413 g/mol. The molecule has 0 fully saturated rings. The minimum absolute atomic E-state index is 0.126. The van der Waals surface area contributed by atoms with E-state index in [-0.39, 0.29) is 11.5 Å². The van der Waals surface area contributed by atoms with Crippen LogP contribution in [0.4, 0.5) is 11.4 Å². The highest BCUT2D eigenvalue weighted by molar-refractivity contribution is 6.04. The van der Waals surface area contributed by atoms with Crippen molar-refractivity contribution < 1.29 is 9.53 Å². The molecule has 1 aliphatic heterocycles. The highest BCUT2D eigenvalue weighted by atomic mass is 16.5. The maximum absolute atomic E-state index is 12.6. The average Bonchev–Trinajstić information content (AvgIpc) is 2.79. The molecule has 1 aliphatic rings. The predicted octanol–water partition coefficient (Wildman–Crippen LogP) is 5.80. The molecule has 1 heterocycles. The van der Waals surface area contributed by atoms with Crippen molar-refractivity contribution in [2.24, 2.45) is 0 Å². The second kappa shape index (κ2) is 8.68. The van der Waals surface area contributed by atoms with Crippen LogP contribution in [0.2, 0.25) is 0 Å². The zero-order valence-electron chi connectivity index (χ0n) is 18.3. The third kappa shape index (κ3) is 4.97. The van der Waals surface area contributed by atoms with E-state index in [4.69, 9.17) is 4.74 Å². The van der Waals surface area contributed by atoms with E-state index in [1.807, 2.05) is 67.5 Å². The summed E-state index contributed by atoms with van der Waals surface area (Å²) in [5.41, 5.74) is 4.37. The number of aryl methyl sites for hydroxylation is 1. The van der Waals surface area contributed by atoms with Crippen molar-refractivity contribution in [3.8, 4) is 5.75 Å². The Morgan fingerprint density at radius 1 is 1.00 bits per heavy atom. The van der Waals surface area contributed by atoms with Crippen LogP contribution in [0.25, 0.3) is 6.08 Å². The number of hydrogen-bond acceptors (Lipinski definition) is 3. The molecule has 1 unspecified atom stereocenters. The molecule has 1 atom stereocenters. The number of fused-ring (bicyclic) bond motifs is 1. The molecule has 0 aliphatic carbocycles. The number of benzene rings is 3. The second-order valence-corrected chi connectivity index (χ2v) is 8.38. The fraction of sp³-hybridized carbons (Fsp3) is 0.222. The number of nitrogens with zero attached hydrogens (tertiary/aromatic N) is 1. The van der Waals surface area contributed by atoms with Crippen molar-refractivity contribution in [1.29, 1.82) is 0 Å². The van der Waals surface area contributed by atoms with Crippen LogP contribution < -0.4 is 15.0 Å². The molecule has 3 aromatic rings. The molecule has 0 spiro atoms. The Balaban J connectivity index is 1.42. The minimum atomic E-state index is -0.345. The molecule has 4 heteroatoms. The van der Waals surface area contributed by atoms with E-state index in [1.165, 1.54) is 5.56 Å². The van der Waals surface area contributed by atoms with Gasteiger partial charge in [0.2, 0.25) is 0 Å². The van der Waals surface area contributed by atoms with Gasteiger partial charge < -0.3 is 15.0 Å².